The maximum absolute atomic E-state index is 13.9. The first-order valence-electron chi connectivity index (χ1n) is 9.03. The van der Waals surface area contributed by atoms with Crippen LogP contribution in [0, 0.1) is 17.7 Å². The summed E-state index contributed by atoms with van der Waals surface area (Å²) in [4.78, 5) is 38.0. The first-order chi connectivity index (χ1) is 12.5. The van der Waals surface area contributed by atoms with E-state index >= 15 is 0 Å². The molecule has 6 nitrogen and oxygen atoms in total. The Hall–Kier alpha value is -2.44. The molecule has 2 N–H and O–H groups in total. The van der Waals surface area contributed by atoms with Gasteiger partial charge in [-0.2, -0.15) is 0 Å². The van der Waals surface area contributed by atoms with Crippen LogP contribution in [-0.2, 0) is 14.4 Å². The number of likely N-dealkylation sites (tertiary alicyclic amines) is 1. The number of carbonyl (C=O) groups excluding carboxylic acids is 2. The van der Waals surface area contributed by atoms with Crippen LogP contribution in [0.3, 0.4) is 0 Å². The second-order valence-corrected chi connectivity index (χ2v) is 7.03. The average Bonchev–Trinajstić information content (AvgIpc) is 2.58. The smallest absolute Gasteiger partial charge is 0.331 e. The number of benzene rings is 1. The number of carboxylic acid groups (broad SMARTS) is 1. The molecule has 1 aromatic carbocycles. The molecule has 0 unspecified atom stereocenters. The average molecular weight is 362 g/mol. The fourth-order valence-corrected chi connectivity index (χ4v) is 3.52. The van der Waals surface area contributed by atoms with Crippen molar-refractivity contribution in [3.63, 3.8) is 0 Å². The van der Waals surface area contributed by atoms with Crippen molar-refractivity contribution in [2.24, 2.45) is 11.8 Å². The van der Waals surface area contributed by atoms with Crippen molar-refractivity contribution in [2.45, 2.75) is 38.1 Å². The first-order valence-corrected chi connectivity index (χ1v) is 9.03. The summed E-state index contributed by atoms with van der Waals surface area (Å²) in [7, 11) is 0. The largest absolute Gasteiger partial charge is 0.479 e. The van der Waals surface area contributed by atoms with E-state index in [4.69, 9.17) is 0 Å². The molecule has 0 aromatic heterocycles. The predicted octanol–water partition coefficient (Wildman–Crippen LogP) is 2.11. The highest BCUT2D eigenvalue weighted by Crippen LogP contribution is 2.30. The Balaban J connectivity index is 1.58. The number of hydrogen-bond acceptors (Lipinski definition) is 3. The molecule has 1 saturated heterocycles. The molecule has 7 heteroatoms. The maximum atomic E-state index is 13.9. The SMILES string of the molecule is O=C(N[C@H](C(=O)O)c1ccccc1F)C1CCN(C(=O)C2CCC2)CC1. The van der Waals surface area contributed by atoms with Gasteiger partial charge in [0.15, 0.2) is 6.04 Å². The van der Waals surface area contributed by atoms with Crippen molar-refractivity contribution in [2.75, 3.05) is 13.1 Å². The van der Waals surface area contributed by atoms with Crippen LogP contribution in [0.4, 0.5) is 4.39 Å². The van der Waals surface area contributed by atoms with E-state index in [2.05, 4.69) is 5.32 Å². The van der Waals surface area contributed by atoms with E-state index in [1.807, 2.05) is 0 Å². The van der Waals surface area contributed by atoms with Crippen LogP contribution < -0.4 is 5.32 Å². The molecule has 0 radical (unpaired) electrons. The molecule has 1 saturated carbocycles. The van der Waals surface area contributed by atoms with Crippen molar-refractivity contribution >= 4 is 17.8 Å². The van der Waals surface area contributed by atoms with Gasteiger partial charge in [-0.05, 0) is 31.7 Å². The number of nitrogens with one attached hydrogen (secondary N) is 1. The number of carbonyl (C=O) groups is 3. The topological polar surface area (TPSA) is 86.7 Å². The lowest BCUT2D eigenvalue weighted by Gasteiger charge is -2.36. The van der Waals surface area contributed by atoms with Crippen LogP contribution in [-0.4, -0.2) is 40.9 Å². The monoisotopic (exact) mass is 362 g/mol. The molecule has 0 bridgehead atoms. The molecule has 26 heavy (non-hydrogen) atoms. The summed E-state index contributed by atoms with van der Waals surface area (Å²) >= 11 is 0. The van der Waals surface area contributed by atoms with Crippen LogP contribution in [0.25, 0.3) is 0 Å². The minimum atomic E-state index is -1.42. The van der Waals surface area contributed by atoms with Gasteiger partial charge in [0.1, 0.15) is 5.82 Å². The quantitative estimate of drug-likeness (QED) is 0.840. The molecule has 2 fully saturated rings. The standard InChI is InChI=1S/C19H23FN2O4/c20-15-7-2-1-6-14(15)16(19(25)26)21-17(23)12-8-10-22(11-9-12)18(24)13-4-3-5-13/h1-2,6-7,12-13,16H,3-5,8-11H2,(H,21,23)(H,25,26)/t16-/m0/s1. The van der Waals surface area contributed by atoms with Gasteiger partial charge >= 0.3 is 5.97 Å². The van der Waals surface area contributed by atoms with Crippen LogP contribution in [0.1, 0.15) is 43.7 Å². The number of piperidine rings is 1. The molecule has 2 amide bonds. The Kier molecular flexibility index (Phi) is 5.54. The molecular formula is C19H23FN2O4. The summed E-state index contributed by atoms with van der Waals surface area (Å²) in [5.41, 5.74) is -0.0639. The molecular weight excluding hydrogens is 339 g/mol. The lowest BCUT2D eigenvalue weighted by atomic mass is 9.83. The summed E-state index contributed by atoms with van der Waals surface area (Å²) in [6, 6.07) is 4.11. The van der Waals surface area contributed by atoms with Gasteiger partial charge in [0, 0.05) is 30.5 Å². The number of aliphatic carboxylic acids is 1. The Morgan fingerprint density at radius 1 is 1.08 bits per heavy atom. The summed E-state index contributed by atoms with van der Waals surface area (Å²) in [6.07, 6.45) is 3.98. The molecule has 3 rings (SSSR count). The number of amides is 2. The van der Waals surface area contributed by atoms with Gasteiger partial charge < -0.3 is 15.3 Å². The molecule has 1 aromatic rings. The molecule has 140 valence electrons. The van der Waals surface area contributed by atoms with Gasteiger partial charge in [0.05, 0.1) is 0 Å². The number of halogens is 1. The summed E-state index contributed by atoms with van der Waals surface area (Å²) in [5.74, 6) is -2.43. The zero-order valence-electron chi connectivity index (χ0n) is 14.5. The van der Waals surface area contributed by atoms with E-state index < -0.39 is 23.7 Å². The summed E-state index contributed by atoms with van der Waals surface area (Å²) < 4.78 is 13.9. The third-order valence-electron chi connectivity index (χ3n) is 5.38. The maximum Gasteiger partial charge on any atom is 0.331 e. The Bertz CT molecular complexity index is 697. The second kappa shape index (κ2) is 7.85. The third-order valence-corrected chi connectivity index (χ3v) is 5.38. The molecule has 0 spiro atoms. The van der Waals surface area contributed by atoms with E-state index in [1.54, 1.807) is 4.90 Å². The molecule has 1 atom stereocenters. The Morgan fingerprint density at radius 2 is 1.73 bits per heavy atom. The number of hydrogen-bond donors (Lipinski definition) is 2. The Morgan fingerprint density at radius 3 is 2.27 bits per heavy atom. The normalized spacial score (nSPS) is 19.5. The van der Waals surface area contributed by atoms with Crippen molar-refractivity contribution in [3.05, 3.63) is 35.6 Å². The van der Waals surface area contributed by atoms with E-state index in [0.29, 0.717) is 25.9 Å². The highest BCUT2D eigenvalue weighted by molar-refractivity contribution is 5.86. The van der Waals surface area contributed by atoms with Crippen LogP contribution in [0.15, 0.2) is 24.3 Å². The van der Waals surface area contributed by atoms with Crippen LogP contribution in [0.5, 0.6) is 0 Å². The third kappa shape index (κ3) is 3.86. The fraction of sp³-hybridized carbons (Fsp3) is 0.526. The second-order valence-electron chi connectivity index (χ2n) is 7.03. The molecule has 1 aliphatic carbocycles. The van der Waals surface area contributed by atoms with Crippen LogP contribution in [0.2, 0.25) is 0 Å². The van der Waals surface area contributed by atoms with Crippen molar-refractivity contribution in [3.8, 4) is 0 Å². The van der Waals surface area contributed by atoms with Gasteiger partial charge in [0.25, 0.3) is 0 Å². The lowest BCUT2D eigenvalue weighted by molar-refractivity contribution is -0.144. The van der Waals surface area contributed by atoms with Gasteiger partial charge in [0.2, 0.25) is 11.8 Å². The van der Waals surface area contributed by atoms with E-state index in [-0.39, 0.29) is 23.3 Å². The van der Waals surface area contributed by atoms with Crippen molar-refractivity contribution in [1.29, 1.82) is 0 Å². The summed E-state index contributed by atoms with van der Waals surface area (Å²) in [6.45, 7) is 1.01. The summed E-state index contributed by atoms with van der Waals surface area (Å²) in [5, 5.41) is 11.8. The van der Waals surface area contributed by atoms with Crippen LogP contribution >= 0.6 is 0 Å². The Labute approximate surface area is 151 Å². The lowest BCUT2D eigenvalue weighted by Crippen LogP contribution is -2.47. The minimum absolute atomic E-state index is 0.0639. The first kappa shape index (κ1) is 18.4. The van der Waals surface area contributed by atoms with Gasteiger partial charge in [-0.15, -0.1) is 0 Å². The number of nitrogens with zero attached hydrogens (tertiary/aromatic N) is 1. The van der Waals surface area contributed by atoms with E-state index in [1.165, 1.54) is 24.3 Å². The van der Waals surface area contributed by atoms with Gasteiger partial charge in [-0.1, -0.05) is 24.6 Å². The zero-order chi connectivity index (χ0) is 18.7. The highest BCUT2D eigenvalue weighted by atomic mass is 19.1. The molecule has 1 aliphatic heterocycles. The fourth-order valence-electron chi connectivity index (χ4n) is 3.52. The molecule has 1 heterocycles. The van der Waals surface area contributed by atoms with Gasteiger partial charge in [-0.25, -0.2) is 9.18 Å². The van der Waals surface area contributed by atoms with E-state index in [9.17, 15) is 23.9 Å². The van der Waals surface area contributed by atoms with E-state index in [0.717, 1.165) is 19.3 Å². The predicted molar refractivity (Wildman–Crippen MR) is 91.6 cm³/mol. The van der Waals surface area contributed by atoms with Crippen molar-refractivity contribution < 1.29 is 23.9 Å². The highest BCUT2D eigenvalue weighted by Gasteiger charge is 2.34. The van der Waals surface area contributed by atoms with Gasteiger partial charge in [-0.3, -0.25) is 9.59 Å². The minimum Gasteiger partial charge on any atom is -0.479 e. The molecule has 2 aliphatic rings. The number of rotatable bonds is 5. The zero-order valence-corrected chi connectivity index (χ0v) is 14.5. The number of carboxylic acids is 1. The van der Waals surface area contributed by atoms with Crippen molar-refractivity contribution in [1.82, 2.24) is 10.2 Å².